The van der Waals surface area contributed by atoms with Crippen molar-refractivity contribution in [1.82, 2.24) is 10.2 Å². The zero-order chi connectivity index (χ0) is 12.8. The summed E-state index contributed by atoms with van der Waals surface area (Å²) in [5, 5.41) is 3.73. The summed E-state index contributed by atoms with van der Waals surface area (Å²) < 4.78 is 5.89. The highest BCUT2D eigenvalue weighted by Crippen LogP contribution is 2.27. The van der Waals surface area contributed by atoms with Gasteiger partial charge in [0, 0.05) is 50.3 Å². The molecule has 1 N–H and O–H groups in total. The van der Waals surface area contributed by atoms with Crippen molar-refractivity contribution >= 4 is 11.8 Å². The Morgan fingerprint density at radius 3 is 2.89 bits per heavy atom. The molecule has 2 rings (SSSR count). The van der Waals surface area contributed by atoms with Gasteiger partial charge in [-0.15, -0.1) is 0 Å². The maximum absolute atomic E-state index is 5.89. The molecule has 4 heteroatoms. The van der Waals surface area contributed by atoms with Crippen LogP contribution < -0.4 is 5.32 Å². The van der Waals surface area contributed by atoms with E-state index in [0.717, 1.165) is 19.6 Å². The molecule has 2 saturated heterocycles. The van der Waals surface area contributed by atoms with Gasteiger partial charge in [-0.1, -0.05) is 6.92 Å². The number of nitrogens with one attached hydrogen (secondary N) is 1. The predicted octanol–water partition coefficient (Wildman–Crippen LogP) is 1.97. The Morgan fingerprint density at radius 2 is 2.17 bits per heavy atom. The third kappa shape index (κ3) is 4.41. The van der Waals surface area contributed by atoms with Gasteiger partial charge in [-0.05, 0) is 26.2 Å². The predicted molar refractivity (Wildman–Crippen MR) is 79.4 cm³/mol. The van der Waals surface area contributed by atoms with Crippen LogP contribution in [0.2, 0.25) is 0 Å². The molecule has 2 heterocycles. The molecule has 2 unspecified atom stereocenters. The Labute approximate surface area is 116 Å². The van der Waals surface area contributed by atoms with Crippen molar-refractivity contribution in [2.45, 2.75) is 44.8 Å². The summed E-state index contributed by atoms with van der Waals surface area (Å²) in [5.74, 6) is 2.62. The Bertz CT molecular complexity index is 246. The molecule has 0 aromatic carbocycles. The Kier molecular flexibility index (Phi) is 5.80. The molecule has 2 aliphatic rings. The third-order valence-corrected chi connectivity index (χ3v) is 5.25. The summed E-state index contributed by atoms with van der Waals surface area (Å²) in [6.45, 7) is 10.3. The third-order valence-electron chi connectivity index (χ3n) is 4.31. The van der Waals surface area contributed by atoms with Gasteiger partial charge in [0.05, 0.1) is 5.60 Å². The summed E-state index contributed by atoms with van der Waals surface area (Å²) in [6, 6.07) is 0.655. The van der Waals surface area contributed by atoms with E-state index in [1.807, 2.05) is 0 Å². The number of ether oxygens (including phenoxy) is 1. The highest BCUT2D eigenvalue weighted by Gasteiger charge is 2.31. The normalized spacial score (nSPS) is 34.7. The van der Waals surface area contributed by atoms with Gasteiger partial charge in [0.1, 0.15) is 0 Å². The van der Waals surface area contributed by atoms with E-state index in [9.17, 15) is 0 Å². The van der Waals surface area contributed by atoms with Crippen LogP contribution in [0.25, 0.3) is 0 Å². The second kappa shape index (κ2) is 7.13. The fraction of sp³-hybridized carbons (Fsp3) is 1.00. The molecule has 0 aliphatic carbocycles. The Hall–Kier alpha value is 0.230. The van der Waals surface area contributed by atoms with Crippen LogP contribution in [-0.2, 0) is 4.74 Å². The van der Waals surface area contributed by atoms with E-state index in [-0.39, 0.29) is 5.60 Å². The molecular formula is C14H28N2OS. The van der Waals surface area contributed by atoms with E-state index in [1.165, 1.54) is 44.0 Å². The van der Waals surface area contributed by atoms with Crippen molar-refractivity contribution in [3.8, 4) is 0 Å². The second-order valence-corrected chi connectivity index (χ2v) is 6.97. The fourth-order valence-electron chi connectivity index (χ4n) is 2.80. The van der Waals surface area contributed by atoms with E-state index < -0.39 is 0 Å². The molecule has 0 amide bonds. The quantitative estimate of drug-likeness (QED) is 0.827. The highest BCUT2D eigenvalue weighted by molar-refractivity contribution is 7.99. The molecular weight excluding hydrogens is 244 g/mol. The molecule has 0 saturated carbocycles. The van der Waals surface area contributed by atoms with Crippen LogP contribution in [-0.4, -0.2) is 60.8 Å². The fourth-order valence-corrected chi connectivity index (χ4v) is 3.78. The monoisotopic (exact) mass is 272 g/mol. The molecule has 2 fully saturated rings. The van der Waals surface area contributed by atoms with E-state index in [2.05, 4.69) is 35.8 Å². The smallest absolute Gasteiger partial charge is 0.0666 e. The number of hydrogen-bond donors (Lipinski definition) is 1. The topological polar surface area (TPSA) is 24.5 Å². The van der Waals surface area contributed by atoms with Crippen molar-refractivity contribution < 1.29 is 4.74 Å². The molecule has 0 aromatic heterocycles. The number of hydrogen-bond acceptors (Lipinski definition) is 4. The first-order valence-corrected chi connectivity index (χ1v) is 8.55. The zero-order valence-corrected chi connectivity index (χ0v) is 12.7. The summed E-state index contributed by atoms with van der Waals surface area (Å²) in [4.78, 5) is 2.59. The van der Waals surface area contributed by atoms with Gasteiger partial charge in [0.2, 0.25) is 0 Å². The van der Waals surface area contributed by atoms with Crippen molar-refractivity contribution in [2.24, 2.45) is 0 Å². The molecule has 0 spiro atoms. The van der Waals surface area contributed by atoms with Gasteiger partial charge < -0.3 is 15.0 Å². The SMILES string of the molecule is CCC1(C)CC(NCCN2CCSCC2)CCO1. The van der Waals surface area contributed by atoms with E-state index >= 15 is 0 Å². The van der Waals surface area contributed by atoms with Gasteiger partial charge in [-0.25, -0.2) is 0 Å². The highest BCUT2D eigenvalue weighted by atomic mass is 32.2. The number of nitrogens with zero attached hydrogens (tertiary/aromatic N) is 1. The van der Waals surface area contributed by atoms with Crippen LogP contribution in [0.1, 0.15) is 33.1 Å². The van der Waals surface area contributed by atoms with Crippen molar-refractivity contribution in [3.05, 3.63) is 0 Å². The minimum absolute atomic E-state index is 0.109. The van der Waals surface area contributed by atoms with Gasteiger partial charge in [-0.2, -0.15) is 11.8 Å². The molecule has 0 bridgehead atoms. The zero-order valence-electron chi connectivity index (χ0n) is 11.9. The Morgan fingerprint density at radius 1 is 1.39 bits per heavy atom. The largest absolute Gasteiger partial charge is 0.375 e. The molecule has 3 nitrogen and oxygen atoms in total. The van der Waals surface area contributed by atoms with Crippen LogP contribution in [0.5, 0.6) is 0 Å². The van der Waals surface area contributed by atoms with Crippen molar-refractivity contribution in [1.29, 1.82) is 0 Å². The standard InChI is InChI=1S/C14H28N2OS/c1-3-14(2)12-13(4-9-17-14)15-5-6-16-7-10-18-11-8-16/h13,15H,3-12H2,1-2H3. The van der Waals surface area contributed by atoms with Gasteiger partial charge >= 0.3 is 0 Å². The van der Waals surface area contributed by atoms with Crippen LogP contribution in [0.3, 0.4) is 0 Å². The minimum Gasteiger partial charge on any atom is -0.375 e. The summed E-state index contributed by atoms with van der Waals surface area (Å²) in [5.41, 5.74) is 0.109. The maximum Gasteiger partial charge on any atom is 0.0666 e. The maximum atomic E-state index is 5.89. The van der Waals surface area contributed by atoms with Crippen molar-refractivity contribution in [3.63, 3.8) is 0 Å². The average molecular weight is 272 g/mol. The second-order valence-electron chi connectivity index (χ2n) is 5.75. The summed E-state index contributed by atoms with van der Waals surface area (Å²) >= 11 is 2.08. The van der Waals surface area contributed by atoms with Crippen LogP contribution >= 0.6 is 11.8 Å². The molecule has 0 radical (unpaired) electrons. The first-order valence-electron chi connectivity index (χ1n) is 7.39. The number of thioether (sulfide) groups is 1. The van der Waals surface area contributed by atoms with Gasteiger partial charge in [0.15, 0.2) is 0 Å². The van der Waals surface area contributed by atoms with Crippen LogP contribution in [0, 0.1) is 0 Å². The van der Waals surface area contributed by atoms with Crippen LogP contribution in [0.4, 0.5) is 0 Å². The van der Waals surface area contributed by atoms with E-state index in [0.29, 0.717) is 6.04 Å². The summed E-state index contributed by atoms with van der Waals surface area (Å²) in [6.07, 6.45) is 3.46. The lowest BCUT2D eigenvalue weighted by Gasteiger charge is -2.38. The van der Waals surface area contributed by atoms with Gasteiger partial charge in [-0.3, -0.25) is 0 Å². The molecule has 2 atom stereocenters. The molecule has 106 valence electrons. The lowest BCUT2D eigenvalue weighted by molar-refractivity contribution is -0.0779. The average Bonchev–Trinajstić information content (AvgIpc) is 2.40. The molecule has 2 aliphatic heterocycles. The molecule has 18 heavy (non-hydrogen) atoms. The lowest BCUT2D eigenvalue weighted by atomic mass is 9.90. The summed E-state index contributed by atoms with van der Waals surface area (Å²) in [7, 11) is 0. The van der Waals surface area contributed by atoms with Gasteiger partial charge in [0.25, 0.3) is 0 Å². The first kappa shape index (κ1) is 14.6. The minimum atomic E-state index is 0.109. The molecule has 0 aromatic rings. The lowest BCUT2D eigenvalue weighted by Crippen LogP contribution is -2.47. The van der Waals surface area contributed by atoms with Crippen molar-refractivity contribution in [2.75, 3.05) is 44.3 Å². The van der Waals surface area contributed by atoms with Crippen LogP contribution in [0.15, 0.2) is 0 Å². The van der Waals surface area contributed by atoms with E-state index in [1.54, 1.807) is 0 Å². The Balaban J connectivity index is 1.63. The first-order chi connectivity index (χ1) is 8.72. The van der Waals surface area contributed by atoms with E-state index in [4.69, 9.17) is 4.74 Å². The number of rotatable bonds is 5.